The van der Waals surface area contributed by atoms with Crippen LogP contribution in [-0.4, -0.2) is 25.4 Å². The molecule has 0 unspecified atom stereocenters. The third kappa shape index (κ3) is 5.62. The smallest absolute Gasteiger partial charge is 0.331 e. The molecule has 0 aliphatic rings. The Bertz CT molecular complexity index is 1470. The molecule has 0 aliphatic carbocycles. The van der Waals surface area contributed by atoms with Crippen LogP contribution in [0.2, 0.25) is 5.02 Å². The highest BCUT2D eigenvalue weighted by atomic mass is 35.5. The Kier molecular flexibility index (Phi) is 7.33. The summed E-state index contributed by atoms with van der Waals surface area (Å²) in [7, 11) is 0. The Labute approximate surface area is 205 Å². The summed E-state index contributed by atoms with van der Waals surface area (Å²) in [5, 5.41) is 18.9. The van der Waals surface area contributed by atoms with E-state index in [1.165, 1.54) is 9.13 Å². The molecule has 0 atom stereocenters. The van der Waals surface area contributed by atoms with Gasteiger partial charge in [-0.3, -0.25) is 23.9 Å². The van der Waals surface area contributed by atoms with Crippen LogP contribution in [-0.2, 0) is 30.7 Å². The van der Waals surface area contributed by atoms with Crippen molar-refractivity contribution < 1.29 is 15.1 Å². The summed E-state index contributed by atoms with van der Waals surface area (Å²) >= 11 is 6.19. The topological polar surface area (TPSA) is 114 Å². The van der Waals surface area contributed by atoms with Crippen molar-refractivity contribution in [2.24, 2.45) is 0 Å². The van der Waals surface area contributed by atoms with Gasteiger partial charge in [-0.15, -0.1) is 0 Å². The first-order valence-corrected chi connectivity index (χ1v) is 11.4. The molecule has 4 aromatic rings. The highest BCUT2D eigenvalue weighted by Crippen LogP contribution is 2.18. The van der Waals surface area contributed by atoms with Gasteiger partial charge in [0, 0.05) is 18.0 Å². The molecular formula is C26H24ClN3O5. The normalized spacial score (nSPS) is 11.0. The molecule has 35 heavy (non-hydrogen) atoms. The van der Waals surface area contributed by atoms with Gasteiger partial charge < -0.3 is 5.11 Å². The Morgan fingerprint density at radius 3 is 2.17 bits per heavy atom. The molecule has 1 heterocycles. The first kappa shape index (κ1) is 24.3. The molecule has 0 saturated carbocycles. The summed E-state index contributed by atoms with van der Waals surface area (Å²) in [4.78, 5) is 37.9. The largest absolute Gasteiger partial charge is 0.508 e. The number of phenols is 1. The number of carbonyl (C=O) groups excluding carboxylic acids is 1. The van der Waals surface area contributed by atoms with Gasteiger partial charge >= 0.3 is 5.69 Å². The molecule has 0 spiro atoms. The molecule has 3 N–H and O–H groups in total. The zero-order valence-electron chi connectivity index (χ0n) is 18.8. The Balaban J connectivity index is 1.67. The number of nitrogens with zero attached hydrogens (tertiary/aromatic N) is 2. The molecule has 8 nitrogen and oxygen atoms in total. The van der Waals surface area contributed by atoms with Crippen molar-refractivity contribution in [1.29, 1.82) is 0 Å². The molecule has 0 aliphatic heterocycles. The van der Waals surface area contributed by atoms with E-state index in [4.69, 9.17) is 16.8 Å². The fourth-order valence-corrected chi connectivity index (χ4v) is 4.12. The maximum absolute atomic E-state index is 13.4. The van der Waals surface area contributed by atoms with Crippen molar-refractivity contribution in [1.82, 2.24) is 14.6 Å². The number of benzene rings is 3. The van der Waals surface area contributed by atoms with Gasteiger partial charge in [0.05, 0.1) is 17.4 Å². The Morgan fingerprint density at radius 2 is 1.49 bits per heavy atom. The van der Waals surface area contributed by atoms with E-state index < -0.39 is 11.6 Å². The van der Waals surface area contributed by atoms with Gasteiger partial charge in [0.25, 0.3) is 5.56 Å². The van der Waals surface area contributed by atoms with Gasteiger partial charge in [-0.1, -0.05) is 48.0 Å². The molecule has 3 aromatic carbocycles. The molecule has 1 aromatic heterocycles. The maximum atomic E-state index is 13.4. The van der Waals surface area contributed by atoms with Crippen molar-refractivity contribution in [3.63, 3.8) is 0 Å². The lowest BCUT2D eigenvalue weighted by atomic mass is 10.1. The van der Waals surface area contributed by atoms with E-state index in [9.17, 15) is 19.5 Å². The number of carbonyl (C=O) groups is 1. The Hall–Kier alpha value is -3.88. The lowest BCUT2D eigenvalue weighted by molar-refractivity contribution is -0.129. The number of nitrogens with one attached hydrogen (secondary N) is 1. The van der Waals surface area contributed by atoms with Gasteiger partial charge in [0.2, 0.25) is 5.91 Å². The standard InChI is InChI=1S/C26H24ClN3O5/c27-20-8-11-22-23(15-20)30(16-19-3-1-17(2-4-19)7-12-24(32)28-35)26(34)29(25(22)33)14-13-18-5-9-21(31)10-6-18/h1-6,8-11,15,31,35H,7,12-14,16H2,(H,28,32). The van der Waals surface area contributed by atoms with Crippen LogP contribution >= 0.6 is 11.6 Å². The minimum atomic E-state index is -0.460. The van der Waals surface area contributed by atoms with Crippen LogP contribution in [0.15, 0.2) is 76.3 Å². The van der Waals surface area contributed by atoms with Crippen LogP contribution in [0.25, 0.3) is 10.9 Å². The monoisotopic (exact) mass is 493 g/mol. The number of phenolic OH excluding ortho intramolecular Hbond substituents is 1. The van der Waals surface area contributed by atoms with Gasteiger partial charge in [-0.05, 0) is 59.9 Å². The van der Waals surface area contributed by atoms with Gasteiger partial charge in [-0.2, -0.15) is 0 Å². The van der Waals surface area contributed by atoms with Crippen LogP contribution in [0.1, 0.15) is 23.1 Å². The summed E-state index contributed by atoms with van der Waals surface area (Å²) in [5.41, 5.74) is 3.90. The second-order valence-corrected chi connectivity index (χ2v) is 8.69. The number of hydrogen-bond acceptors (Lipinski definition) is 5. The molecule has 0 bridgehead atoms. The van der Waals surface area contributed by atoms with Crippen LogP contribution in [0, 0.1) is 0 Å². The van der Waals surface area contributed by atoms with Crippen LogP contribution in [0.5, 0.6) is 5.75 Å². The van der Waals surface area contributed by atoms with E-state index in [1.54, 1.807) is 47.9 Å². The number of amides is 1. The fraction of sp³-hybridized carbons (Fsp3) is 0.192. The minimum absolute atomic E-state index is 0.151. The third-order valence-electron chi connectivity index (χ3n) is 5.88. The predicted molar refractivity (Wildman–Crippen MR) is 133 cm³/mol. The number of aryl methyl sites for hydroxylation is 2. The molecular weight excluding hydrogens is 470 g/mol. The highest BCUT2D eigenvalue weighted by molar-refractivity contribution is 6.31. The van der Waals surface area contributed by atoms with E-state index in [-0.39, 0.29) is 30.8 Å². The van der Waals surface area contributed by atoms with Crippen molar-refractivity contribution >= 4 is 28.4 Å². The number of aromatic nitrogens is 2. The fourth-order valence-electron chi connectivity index (χ4n) is 3.95. The SMILES string of the molecule is O=C(CCc1ccc(Cn2c(=O)n(CCc3ccc(O)cc3)c(=O)c3ccc(Cl)cc32)cc1)NO. The van der Waals surface area contributed by atoms with E-state index >= 15 is 0 Å². The number of hydrogen-bond donors (Lipinski definition) is 3. The molecule has 9 heteroatoms. The second-order valence-electron chi connectivity index (χ2n) is 8.25. The first-order valence-electron chi connectivity index (χ1n) is 11.1. The van der Waals surface area contributed by atoms with Crippen molar-refractivity contribution in [3.8, 4) is 5.75 Å². The highest BCUT2D eigenvalue weighted by Gasteiger charge is 2.14. The van der Waals surface area contributed by atoms with Crippen molar-refractivity contribution in [3.05, 3.63) is 109 Å². The van der Waals surface area contributed by atoms with Crippen molar-refractivity contribution in [2.75, 3.05) is 0 Å². The quantitative estimate of drug-likeness (QED) is 0.257. The van der Waals surface area contributed by atoms with Gasteiger partial charge in [0.15, 0.2) is 0 Å². The van der Waals surface area contributed by atoms with Crippen LogP contribution < -0.4 is 16.7 Å². The maximum Gasteiger partial charge on any atom is 0.331 e. The second kappa shape index (κ2) is 10.6. The summed E-state index contributed by atoms with van der Waals surface area (Å²) in [5.74, 6) is -0.308. The van der Waals surface area contributed by atoms with E-state index in [0.717, 1.165) is 16.7 Å². The average molecular weight is 494 g/mol. The van der Waals surface area contributed by atoms with E-state index in [0.29, 0.717) is 28.8 Å². The van der Waals surface area contributed by atoms with E-state index in [1.807, 2.05) is 24.3 Å². The number of aromatic hydroxyl groups is 1. The van der Waals surface area contributed by atoms with Crippen LogP contribution in [0.3, 0.4) is 0 Å². The van der Waals surface area contributed by atoms with Crippen LogP contribution in [0.4, 0.5) is 0 Å². The molecule has 0 saturated heterocycles. The summed E-state index contributed by atoms with van der Waals surface area (Å²) in [6.45, 7) is 0.416. The lowest BCUT2D eigenvalue weighted by Crippen LogP contribution is -2.40. The lowest BCUT2D eigenvalue weighted by Gasteiger charge is -2.15. The molecule has 4 rings (SSSR count). The zero-order valence-corrected chi connectivity index (χ0v) is 19.5. The average Bonchev–Trinajstić information content (AvgIpc) is 2.86. The summed E-state index contributed by atoms with van der Waals surface area (Å²) in [6.07, 6.45) is 1.07. The number of hydroxylamine groups is 1. The van der Waals surface area contributed by atoms with Crippen molar-refractivity contribution in [2.45, 2.75) is 32.4 Å². The molecule has 0 radical (unpaired) electrons. The molecule has 180 valence electrons. The van der Waals surface area contributed by atoms with Gasteiger partial charge in [0.1, 0.15) is 5.75 Å². The number of halogens is 1. The first-order chi connectivity index (χ1) is 16.9. The third-order valence-corrected chi connectivity index (χ3v) is 6.11. The summed E-state index contributed by atoms with van der Waals surface area (Å²) in [6, 6.07) is 19.0. The number of rotatable bonds is 8. The van der Waals surface area contributed by atoms with Gasteiger partial charge in [-0.25, -0.2) is 10.3 Å². The minimum Gasteiger partial charge on any atom is -0.508 e. The predicted octanol–water partition coefficient (Wildman–Crippen LogP) is 3.25. The summed E-state index contributed by atoms with van der Waals surface area (Å²) < 4.78 is 2.76. The Morgan fingerprint density at radius 1 is 0.857 bits per heavy atom. The zero-order chi connectivity index (χ0) is 24.9. The van der Waals surface area contributed by atoms with E-state index in [2.05, 4.69) is 0 Å². The molecule has 0 fully saturated rings. The number of fused-ring (bicyclic) bond motifs is 1. The molecule has 1 amide bonds.